The van der Waals surface area contributed by atoms with E-state index in [0.29, 0.717) is 6.61 Å². The standard InChI is InChI=1S/C25H26N2O2/c1-19-8-7-9-22(18-19)29-17-6-5-16-27-24-11-4-3-10-23(24)26-25(27)20-12-14-21(28-2)15-13-20/h3-4,7-15,18H,5-6,16-17H2,1-2H3. The predicted molar refractivity (Wildman–Crippen MR) is 118 cm³/mol. The lowest BCUT2D eigenvalue weighted by Crippen LogP contribution is -2.04. The highest BCUT2D eigenvalue weighted by Gasteiger charge is 2.12. The van der Waals surface area contributed by atoms with Gasteiger partial charge in [0.25, 0.3) is 0 Å². The molecule has 148 valence electrons. The molecule has 0 bridgehead atoms. The molecule has 0 unspecified atom stereocenters. The molecule has 1 heterocycles. The second-order valence-corrected chi connectivity index (χ2v) is 7.18. The Morgan fingerprint density at radius 1 is 0.862 bits per heavy atom. The van der Waals surface area contributed by atoms with Crippen molar-refractivity contribution in [1.29, 1.82) is 0 Å². The number of aryl methyl sites for hydroxylation is 2. The zero-order valence-electron chi connectivity index (χ0n) is 17.0. The second-order valence-electron chi connectivity index (χ2n) is 7.18. The summed E-state index contributed by atoms with van der Waals surface area (Å²) in [5.74, 6) is 2.79. The second kappa shape index (κ2) is 8.82. The van der Waals surface area contributed by atoms with E-state index in [4.69, 9.17) is 14.5 Å². The molecule has 0 aliphatic heterocycles. The van der Waals surface area contributed by atoms with E-state index in [1.54, 1.807) is 7.11 Å². The van der Waals surface area contributed by atoms with Gasteiger partial charge in [-0.2, -0.15) is 0 Å². The summed E-state index contributed by atoms with van der Waals surface area (Å²) < 4.78 is 13.5. The summed E-state index contributed by atoms with van der Waals surface area (Å²) in [5.41, 5.74) is 4.50. The molecule has 0 amide bonds. The molecule has 0 saturated carbocycles. The molecule has 4 heteroatoms. The number of hydrogen-bond donors (Lipinski definition) is 0. The average molecular weight is 386 g/mol. The van der Waals surface area contributed by atoms with Crippen molar-refractivity contribution in [2.75, 3.05) is 13.7 Å². The fraction of sp³-hybridized carbons (Fsp3) is 0.240. The number of para-hydroxylation sites is 2. The normalized spacial score (nSPS) is 11.0. The van der Waals surface area contributed by atoms with Crippen LogP contribution in [0.2, 0.25) is 0 Å². The van der Waals surface area contributed by atoms with Gasteiger partial charge in [-0.05, 0) is 73.9 Å². The van der Waals surface area contributed by atoms with Crippen molar-refractivity contribution in [3.05, 3.63) is 78.4 Å². The number of ether oxygens (including phenoxy) is 2. The third kappa shape index (κ3) is 4.43. The van der Waals surface area contributed by atoms with Gasteiger partial charge in [0.2, 0.25) is 0 Å². The smallest absolute Gasteiger partial charge is 0.141 e. The van der Waals surface area contributed by atoms with E-state index in [9.17, 15) is 0 Å². The lowest BCUT2D eigenvalue weighted by Gasteiger charge is -2.11. The van der Waals surface area contributed by atoms with Gasteiger partial charge in [-0.25, -0.2) is 4.98 Å². The topological polar surface area (TPSA) is 36.3 Å². The van der Waals surface area contributed by atoms with Crippen molar-refractivity contribution in [2.45, 2.75) is 26.3 Å². The number of benzene rings is 3. The van der Waals surface area contributed by atoms with Crippen molar-refractivity contribution in [3.63, 3.8) is 0 Å². The minimum atomic E-state index is 0.716. The molecule has 0 N–H and O–H groups in total. The Morgan fingerprint density at radius 2 is 1.69 bits per heavy atom. The van der Waals surface area contributed by atoms with Crippen LogP contribution in [0, 0.1) is 6.92 Å². The van der Waals surface area contributed by atoms with Gasteiger partial charge in [-0.1, -0.05) is 24.3 Å². The molecule has 4 nitrogen and oxygen atoms in total. The van der Waals surface area contributed by atoms with Crippen molar-refractivity contribution >= 4 is 11.0 Å². The van der Waals surface area contributed by atoms with Crippen LogP contribution < -0.4 is 9.47 Å². The van der Waals surface area contributed by atoms with Crippen LogP contribution in [0.5, 0.6) is 11.5 Å². The summed E-state index contributed by atoms with van der Waals surface area (Å²) in [6.45, 7) is 3.70. The van der Waals surface area contributed by atoms with Crippen molar-refractivity contribution in [2.24, 2.45) is 0 Å². The Balaban J connectivity index is 1.47. The summed E-state index contributed by atoms with van der Waals surface area (Å²) >= 11 is 0. The highest BCUT2D eigenvalue weighted by atomic mass is 16.5. The van der Waals surface area contributed by atoms with Crippen molar-refractivity contribution in [3.8, 4) is 22.9 Å². The third-order valence-electron chi connectivity index (χ3n) is 5.04. The number of imidazole rings is 1. The number of nitrogens with zero attached hydrogens (tertiary/aromatic N) is 2. The quantitative estimate of drug-likeness (QED) is 0.355. The maximum atomic E-state index is 5.90. The highest BCUT2D eigenvalue weighted by molar-refractivity contribution is 5.80. The number of unbranched alkanes of at least 4 members (excludes halogenated alkanes) is 1. The zero-order chi connectivity index (χ0) is 20.1. The number of fused-ring (bicyclic) bond motifs is 1. The molecule has 0 aliphatic carbocycles. The number of rotatable bonds is 8. The first-order valence-corrected chi connectivity index (χ1v) is 10.0. The summed E-state index contributed by atoms with van der Waals surface area (Å²) in [4.78, 5) is 4.89. The van der Waals surface area contributed by atoms with Gasteiger partial charge >= 0.3 is 0 Å². The van der Waals surface area contributed by atoms with E-state index >= 15 is 0 Å². The first kappa shape index (κ1) is 19.1. The summed E-state index contributed by atoms with van der Waals surface area (Å²) in [7, 11) is 1.68. The van der Waals surface area contributed by atoms with E-state index in [1.165, 1.54) is 5.56 Å². The van der Waals surface area contributed by atoms with Gasteiger partial charge in [-0.15, -0.1) is 0 Å². The van der Waals surface area contributed by atoms with E-state index < -0.39 is 0 Å². The van der Waals surface area contributed by atoms with Gasteiger partial charge in [0.15, 0.2) is 0 Å². The molecule has 0 spiro atoms. The van der Waals surface area contributed by atoms with E-state index in [1.807, 2.05) is 30.3 Å². The van der Waals surface area contributed by atoms with Gasteiger partial charge in [0.05, 0.1) is 24.8 Å². The van der Waals surface area contributed by atoms with Gasteiger partial charge < -0.3 is 14.0 Å². The lowest BCUT2D eigenvalue weighted by molar-refractivity contribution is 0.303. The molecule has 3 aromatic carbocycles. The van der Waals surface area contributed by atoms with Gasteiger partial charge in [-0.3, -0.25) is 0 Å². The molecule has 0 atom stereocenters. The van der Waals surface area contributed by atoms with E-state index in [2.05, 4.69) is 54.0 Å². The average Bonchev–Trinajstić information content (AvgIpc) is 3.12. The van der Waals surface area contributed by atoms with Gasteiger partial charge in [0, 0.05) is 12.1 Å². The first-order valence-electron chi connectivity index (χ1n) is 10.0. The van der Waals surface area contributed by atoms with Crippen molar-refractivity contribution < 1.29 is 9.47 Å². The predicted octanol–water partition coefficient (Wildman–Crippen LogP) is 5.88. The molecule has 29 heavy (non-hydrogen) atoms. The van der Waals surface area contributed by atoms with Crippen LogP contribution in [-0.4, -0.2) is 23.3 Å². The molecule has 4 rings (SSSR count). The van der Waals surface area contributed by atoms with E-state index in [-0.39, 0.29) is 0 Å². The lowest BCUT2D eigenvalue weighted by atomic mass is 10.2. The van der Waals surface area contributed by atoms with Crippen LogP contribution in [0.3, 0.4) is 0 Å². The number of hydrogen-bond acceptors (Lipinski definition) is 3. The van der Waals surface area contributed by atoms with Crippen LogP contribution in [0.4, 0.5) is 0 Å². The molecule has 0 aliphatic rings. The fourth-order valence-corrected chi connectivity index (χ4v) is 3.53. The summed E-state index contributed by atoms with van der Waals surface area (Å²) in [6, 6.07) is 24.6. The van der Waals surface area contributed by atoms with E-state index in [0.717, 1.165) is 53.3 Å². The Kier molecular flexibility index (Phi) is 5.80. The highest BCUT2D eigenvalue weighted by Crippen LogP contribution is 2.27. The molecule has 0 fully saturated rings. The Bertz CT molecular complexity index is 1080. The van der Waals surface area contributed by atoms with Crippen LogP contribution in [0.1, 0.15) is 18.4 Å². The molecular weight excluding hydrogens is 360 g/mol. The third-order valence-corrected chi connectivity index (χ3v) is 5.04. The van der Waals surface area contributed by atoms with Gasteiger partial charge in [0.1, 0.15) is 17.3 Å². The minimum absolute atomic E-state index is 0.716. The van der Waals surface area contributed by atoms with Crippen LogP contribution in [0.15, 0.2) is 72.8 Å². The maximum Gasteiger partial charge on any atom is 0.141 e. The minimum Gasteiger partial charge on any atom is -0.497 e. The Hall–Kier alpha value is -3.27. The molecular formula is C25H26N2O2. The zero-order valence-corrected chi connectivity index (χ0v) is 17.0. The Labute approximate surface area is 171 Å². The summed E-state index contributed by atoms with van der Waals surface area (Å²) in [5, 5.41) is 0. The SMILES string of the molecule is COc1ccc(-c2nc3ccccc3n2CCCCOc2cccc(C)c2)cc1. The van der Waals surface area contributed by atoms with Crippen LogP contribution >= 0.6 is 0 Å². The first-order chi connectivity index (χ1) is 14.2. The van der Waals surface area contributed by atoms with Crippen molar-refractivity contribution in [1.82, 2.24) is 9.55 Å². The van der Waals surface area contributed by atoms with Crippen LogP contribution in [0.25, 0.3) is 22.4 Å². The largest absolute Gasteiger partial charge is 0.497 e. The molecule has 4 aromatic rings. The summed E-state index contributed by atoms with van der Waals surface area (Å²) in [6.07, 6.45) is 2.01. The Morgan fingerprint density at radius 3 is 2.48 bits per heavy atom. The maximum absolute atomic E-state index is 5.90. The fourth-order valence-electron chi connectivity index (χ4n) is 3.53. The van der Waals surface area contributed by atoms with Crippen LogP contribution in [-0.2, 0) is 6.54 Å². The number of aromatic nitrogens is 2. The molecule has 0 radical (unpaired) electrons. The monoisotopic (exact) mass is 386 g/mol. The number of methoxy groups -OCH3 is 1. The molecule has 1 aromatic heterocycles. The molecule has 0 saturated heterocycles.